The van der Waals surface area contributed by atoms with Crippen molar-refractivity contribution >= 4 is 27.3 Å². The van der Waals surface area contributed by atoms with Crippen LogP contribution in [-0.4, -0.2) is 17.4 Å². The molecule has 0 radical (unpaired) electrons. The van der Waals surface area contributed by atoms with Crippen LogP contribution in [0, 0.1) is 6.92 Å². The van der Waals surface area contributed by atoms with Crippen LogP contribution >= 0.6 is 11.3 Å². The first-order valence-electron chi connectivity index (χ1n) is 7.64. The van der Waals surface area contributed by atoms with E-state index in [1.54, 1.807) is 18.3 Å². The standard InChI is InChI=1S/C17H23NO2S/c1-13(19)8-6-4-3-5-7-11-20-15-9-10-16-17(12-15)21-14(2)18-16/h9-10,12H,3-8,11H2,1-2H3. The molecule has 1 aromatic heterocycles. The van der Waals surface area contributed by atoms with E-state index < -0.39 is 0 Å². The minimum absolute atomic E-state index is 0.298. The molecule has 0 bridgehead atoms. The fourth-order valence-corrected chi connectivity index (χ4v) is 3.16. The first-order chi connectivity index (χ1) is 10.1. The first kappa shape index (κ1) is 16.0. The molecule has 21 heavy (non-hydrogen) atoms. The number of nitrogens with zero attached hydrogens (tertiary/aromatic N) is 1. The van der Waals surface area contributed by atoms with Crippen LogP contribution in [0.5, 0.6) is 5.75 Å². The van der Waals surface area contributed by atoms with E-state index in [4.69, 9.17) is 4.74 Å². The number of aryl methyl sites for hydroxylation is 1. The molecule has 3 nitrogen and oxygen atoms in total. The summed E-state index contributed by atoms with van der Waals surface area (Å²) in [6, 6.07) is 6.09. The summed E-state index contributed by atoms with van der Waals surface area (Å²) in [5.41, 5.74) is 1.05. The van der Waals surface area contributed by atoms with Crippen molar-refractivity contribution in [3.8, 4) is 5.75 Å². The molecule has 2 aromatic rings. The molecule has 0 aliphatic heterocycles. The summed E-state index contributed by atoms with van der Waals surface area (Å²) >= 11 is 1.70. The van der Waals surface area contributed by atoms with Gasteiger partial charge in [-0.3, -0.25) is 0 Å². The average Bonchev–Trinajstić information content (AvgIpc) is 2.80. The Morgan fingerprint density at radius 2 is 1.95 bits per heavy atom. The Morgan fingerprint density at radius 1 is 1.19 bits per heavy atom. The zero-order valence-corrected chi connectivity index (χ0v) is 13.7. The Labute approximate surface area is 130 Å². The molecule has 4 heteroatoms. The number of unbranched alkanes of at least 4 members (excludes halogenated alkanes) is 4. The maximum absolute atomic E-state index is 10.8. The highest BCUT2D eigenvalue weighted by atomic mass is 32.1. The van der Waals surface area contributed by atoms with Gasteiger partial charge in [-0.15, -0.1) is 11.3 Å². The van der Waals surface area contributed by atoms with Crippen molar-refractivity contribution in [1.29, 1.82) is 0 Å². The second-order valence-electron chi connectivity index (χ2n) is 5.43. The van der Waals surface area contributed by atoms with Gasteiger partial charge in [0.15, 0.2) is 0 Å². The SMILES string of the molecule is CC(=O)CCCCCCCOc1ccc2nc(C)sc2c1. The van der Waals surface area contributed by atoms with Crippen LogP contribution in [0.3, 0.4) is 0 Å². The van der Waals surface area contributed by atoms with Gasteiger partial charge in [0, 0.05) is 6.42 Å². The number of thiazole rings is 1. The van der Waals surface area contributed by atoms with Gasteiger partial charge in [-0.05, 0) is 44.9 Å². The molecule has 1 heterocycles. The van der Waals surface area contributed by atoms with Crippen LogP contribution in [-0.2, 0) is 4.79 Å². The van der Waals surface area contributed by atoms with Gasteiger partial charge in [-0.2, -0.15) is 0 Å². The van der Waals surface area contributed by atoms with Crippen LogP contribution in [0.4, 0.5) is 0 Å². The monoisotopic (exact) mass is 305 g/mol. The lowest BCUT2D eigenvalue weighted by Crippen LogP contribution is -1.97. The van der Waals surface area contributed by atoms with E-state index in [1.807, 2.05) is 19.1 Å². The second kappa shape index (κ2) is 8.13. The van der Waals surface area contributed by atoms with Crippen LogP contribution in [0.2, 0.25) is 0 Å². The molecule has 2 rings (SSSR count). The number of ether oxygens (including phenoxy) is 1. The van der Waals surface area contributed by atoms with Crippen molar-refractivity contribution in [3.05, 3.63) is 23.2 Å². The molecule has 0 atom stereocenters. The van der Waals surface area contributed by atoms with Gasteiger partial charge >= 0.3 is 0 Å². The van der Waals surface area contributed by atoms with Crippen molar-refractivity contribution < 1.29 is 9.53 Å². The Bertz CT molecular complexity index is 591. The zero-order valence-electron chi connectivity index (χ0n) is 12.9. The van der Waals surface area contributed by atoms with Crippen LogP contribution in [0.25, 0.3) is 10.2 Å². The Hall–Kier alpha value is -1.42. The maximum Gasteiger partial charge on any atom is 0.129 e. The average molecular weight is 305 g/mol. The van der Waals surface area contributed by atoms with Crippen molar-refractivity contribution in [1.82, 2.24) is 4.98 Å². The van der Waals surface area contributed by atoms with Crippen molar-refractivity contribution in [2.24, 2.45) is 0 Å². The topological polar surface area (TPSA) is 39.2 Å². The smallest absolute Gasteiger partial charge is 0.129 e. The molecule has 0 fully saturated rings. The van der Waals surface area contributed by atoms with Gasteiger partial charge in [0.2, 0.25) is 0 Å². The summed E-state index contributed by atoms with van der Waals surface area (Å²) in [5, 5.41) is 1.09. The van der Waals surface area contributed by atoms with E-state index in [0.29, 0.717) is 5.78 Å². The molecule has 0 spiro atoms. The second-order valence-corrected chi connectivity index (χ2v) is 6.67. The van der Waals surface area contributed by atoms with Gasteiger partial charge in [0.1, 0.15) is 11.5 Å². The molecule has 0 unspecified atom stereocenters. The van der Waals surface area contributed by atoms with Gasteiger partial charge in [0.05, 0.1) is 21.8 Å². The summed E-state index contributed by atoms with van der Waals surface area (Å²) in [5.74, 6) is 1.23. The number of Topliss-reactive ketones (excluding diaryl/α,β-unsaturated/α-hetero) is 1. The number of carbonyl (C=O) groups excluding carboxylic acids is 1. The molecule has 0 aliphatic rings. The van der Waals surface area contributed by atoms with Gasteiger partial charge in [-0.25, -0.2) is 4.98 Å². The summed E-state index contributed by atoms with van der Waals surface area (Å²) < 4.78 is 6.98. The van der Waals surface area contributed by atoms with Crippen molar-refractivity contribution in [2.45, 2.75) is 52.4 Å². The Kier molecular flexibility index (Phi) is 6.18. The van der Waals surface area contributed by atoms with E-state index in [1.165, 1.54) is 17.5 Å². The molecule has 0 amide bonds. The third-order valence-electron chi connectivity index (χ3n) is 3.41. The highest BCUT2D eigenvalue weighted by Crippen LogP contribution is 2.26. The quantitative estimate of drug-likeness (QED) is 0.618. The fourth-order valence-electron chi connectivity index (χ4n) is 2.31. The van der Waals surface area contributed by atoms with E-state index >= 15 is 0 Å². The summed E-state index contributed by atoms with van der Waals surface area (Å²) in [4.78, 5) is 15.3. The van der Waals surface area contributed by atoms with Crippen LogP contribution < -0.4 is 4.74 Å². The third-order valence-corrected chi connectivity index (χ3v) is 4.34. The number of fused-ring (bicyclic) bond motifs is 1. The number of benzene rings is 1. The summed E-state index contributed by atoms with van der Waals surface area (Å²) in [6.07, 6.45) is 6.32. The molecule has 1 aromatic carbocycles. The fraction of sp³-hybridized carbons (Fsp3) is 0.529. The van der Waals surface area contributed by atoms with E-state index in [2.05, 4.69) is 11.1 Å². The number of hydrogen-bond acceptors (Lipinski definition) is 4. The van der Waals surface area contributed by atoms with Gasteiger partial charge in [0.25, 0.3) is 0 Å². The Morgan fingerprint density at radius 3 is 2.76 bits per heavy atom. The van der Waals surface area contributed by atoms with E-state index in [9.17, 15) is 4.79 Å². The molecule has 114 valence electrons. The van der Waals surface area contributed by atoms with Crippen LogP contribution in [0.15, 0.2) is 18.2 Å². The van der Waals surface area contributed by atoms with Gasteiger partial charge < -0.3 is 9.53 Å². The number of ketones is 1. The van der Waals surface area contributed by atoms with E-state index in [-0.39, 0.29) is 0 Å². The maximum atomic E-state index is 10.8. The third kappa shape index (κ3) is 5.46. The zero-order chi connectivity index (χ0) is 15.1. The normalized spacial score (nSPS) is 11.0. The highest BCUT2D eigenvalue weighted by molar-refractivity contribution is 7.18. The predicted octanol–water partition coefficient (Wildman–Crippen LogP) is 4.91. The predicted molar refractivity (Wildman–Crippen MR) is 88.2 cm³/mol. The largest absolute Gasteiger partial charge is 0.494 e. The molecule has 0 N–H and O–H groups in total. The molecular formula is C17H23NO2S. The molecule has 0 saturated carbocycles. The number of carbonyl (C=O) groups is 1. The van der Waals surface area contributed by atoms with Crippen molar-refractivity contribution in [3.63, 3.8) is 0 Å². The summed E-state index contributed by atoms with van der Waals surface area (Å²) in [6.45, 7) is 4.45. The van der Waals surface area contributed by atoms with Gasteiger partial charge in [-0.1, -0.05) is 19.3 Å². The molecule has 0 saturated heterocycles. The number of hydrogen-bond donors (Lipinski definition) is 0. The summed E-state index contributed by atoms with van der Waals surface area (Å²) in [7, 11) is 0. The van der Waals surface area contributed by atoms with Crippen molar-refractivity contribution in [2.75, 3.05) is 6.61 Å². The van der Waals surface area contributed by atoms with Crippen LogP contribution in [0.1, 0.15) is 50.5 Å². The minimum atomic E-state index is 0.298. The highest BCUT2D eigenvalue weighted by Gasteiger charge is 2.02. The molecular weight excluding hydrogens is 282 g/mol. The Balaban J connectivity index is 1.62. The number of rotatable bonds is 9. The number of aromatic nitrogens is 1. The lowest BCUT2D eigenvalue weighted by Gasteiger charge is -2.06. The molecule has 0 aliphatic carbocycles. The lowest BCUT2D eigenvalue weighted by molar-refractivity contribution is -0.117. The minimum Gasteiger partial charge on any atom is -0.494 e. The first-order valence-corrected chi connectivity index (χ1v) is 8.46. The lowest BCUT2D eigenvalue weighted by atomic mass is 10.1. The van der Waals surface area contributed by atoms with E-state index in [0.717, 1.165) is 48.6 Å².